The van der Waals surface area contributed by atoms with Crippen LogP contribution in [0, 0.1) is 6.92 Å². The van der Waals surface area contributed by atoms with E-state index in [2.05, 4.69) is 33.7 Å². The molecule has 0 radical (unpaired) electrons. The Balaban J connectivity index is 1.48. The maximum absolute atomic E-state index is 13.5. The van der Waals surface area contributed by atoms with Gasteiger partial charge in [0, 0.05) is 12.1 Å². The number of fused-ring (bicyclic) bond motifs is 2. The van der Waals surface area contributed by atoms with Gasteiger partial charge in [0.05, 0.1) is 10.6 Å². The summed E-state index contributed by atoms with van der Waals surface area (Å²) in [7, 11) is -3.58. The summed E-state index contributed by atoms with van der Waals surface area (Å²) in [4.78, 5) is 0.320. The van der Waals surface area contributed by atoms with Gasteiger partial charge in [-0.2, -0.15) is 4.31 Å². The monoisotopic (exact) mass is 407 g/mol. The molecule has 2 atom stereocenters. The summed E-state index contributed by atoms with van der Waals surface area (Å²) < 4.78 is 30.2. The summed E-state index contributed by atoms with van der Waals surface area (Å²) in [6.07, 6.45) is 6.14. The minimum Gasteiger partial charge on any atom is -0.207 e. The van der Waals surface area contributed by atoms with Crippen LogP contribution in [0.1, 0.15) is 30.4 Å². The minimum atomic E-state index is -3.58. The highest BCUT2D eigenvalue weighted by atomic mass is 32.2. The van der Waals surface area contributed by atoms with Crippen LogP contribution in [0.5, 0.6) is 0 Å². The topological polar surface area (TPSA) is 81.0 Å². The second-order valence-electron chi connectivity index (χ2n) is 7.60. The molecule has 1 fully saturated rings. The summed E-state index contributed by atoms with van der Waals surface area (Å²) in [5, 5.41) is 11.2. The Hall–Kier alpha value is -2.84. The van der Waals surface area contributed by atoms with Gasteiger partial charge in [-0.1, -0.05) is 36.4 Å². The van der Waals surface area contributed by atoms with Crippen molar-refractivity contribution in [2.45, 2.75) is 43.2 Å². The predicted molar refractivity (Wildman–Crippen MR) is 109 cm³/mol. The smallest absolute Gasteiger partial charge is 0.207 e. The van der Waals surface area contributed by atoms with Gasteiger partial charge in [0.1, 0.15) is 6.33 Å². The van der Waals surface area contributed by atoms with Crippen molar-refractivity contribution in [1.82, 2.24) is 24.5 Å². The molecule has 7 nitrogen and oxygen atoms in total. The minimum absolute atomic E-state index is 0.00436. The average Bonchev–Trinajstić information content (AvgIpc) is 3.35. The highest BCUT2D eigenvalue weighted by molar-refractivity contribution is 7.89. The molecule has 0 saturated carbocycles. The fourth-order valence-corrected chi connectivity index (χ4v) is 6.38. The number of rotatable bonds is 4. The van der Waals surface area contributed by atoms with Gasteiger partial charge >= 0.3 is 0 Å². The fraction of sp³-hybridized carbons (Fsp3) is 0.286. The first kappa shape index (κ1) is 18.2. The van der Waals surface area contributed by atoms with Crippen LogP contribution in [0.4, 0.5) is 0 Å². The quantitative estimate of drug-likeness (QED) is 0.664. The zero-order valence-corrected chi connectivity index (χ0v) is 16.8. The lowest BCUT2D eigenvalue weighted by molar-refractivity contribution is 0.345. The normalized spacial score (nSPS) is 21.9. The van der Waals surface area contributed by atoms with Gasteiger partial charge in [-0.3, -0.25) is 0 Å². The second kappa shape index (κ2) is 6.89. The predicted octanol–water partition coefficient (Wildman–Crippen LogP) is 2.98. The van der Waals surface area contributed by atoms with Gasteiger partial charge in [-0.25, -0.2) is 13.1 Å². The van der Waals surface area contributed by atoms with Crippen molar-refractivity contribution in [2.75, 3.05) is 0 Å². The van der Waals surface area contributed by atoms with E-state index in [1.807, 2.05) is 25.1 Å². The molecule has 2 unspecified atom stereocenters. The molecule has 1 aromatic heterocycles. The van der Waals surface area contributed by atoms with Gasteiger partial charge in [-0.15, -0.1) is 5.10 Å². The molecule has 3 heterocycles. The molecule has 29 heavy (non-hydrogen) atoms. The third-order valence-electron chi connectivity index (χ3n) is 5.82. The molecule has 2 aromatic carbocycles. The van der Waals surface area contributed by atoms with Crippen LogP contribution in [0.2, 0.25) is 0 Å². The summed E-state index contributed by atoms with van der Waals surface area (Å²) in [5.41, 5.74) is 4.00. The van der Waals surface area contributed by atoms with Crippen molar-refractivity contribution < 1.29 is 8.42 Å². The van der Waals surface area contributed by atoms with Crippen molar-refractivity contribution in [3.63, 3.8) is 0 Å². The maximum Gasteiger partial charge on any atom is 0.243 e. The van der Waals surface area contributed by atoms with Crippen molar-refractivity contribution in [2.24, 2.45) is 0 Å². The van der Waals surface area contributed by atoms with E-state index < -0.39 is 10.0 Å². The molecule has 8 heteroatoms. The van der Waals surface area contributed by atoms with Crippen molar-refractivity contribution in [1.29, 1.82) is 0 Å². The summed E-state index contributed by atoms with van der Waals surface area (Å²) in [5.74, 6) is 0. The SMILES string of the molecule is Cc1cc(S(=O)(=O)N2C3C=C(c4ccccc4)CC2CC3)ccc1-n1cnnn1. The Labute approximate surface area is 169 Å². The van der Waals surface area contributed by atoms with Gasteiger partial charge in [0.15, 0.2) is 0 Å². The lowest BCUT2D eigenvalue weighted by Gasteiger charge is -2.33. The molecule has 1 saturated heterocycles. The molecule has 0 aliphatic carbocycles. The first-order valence-corrected chi connectivity index (χ1v) is 11.1. The lowest BCUT2D eigenvalue weighted by Crippen LogP contribution is -2.42. The second-order valence-corrected chi connectivity index (χ2v) is 9.44. The van der Waals surface area contributed by atoms with Crippen LogP contribution in [-0.2, 0) is 10.0 Å². The van der Waals surface area contributed by atoms with Gasteiger partial charge in [0.25, 0.3) is 0 Å². The van der Waals surface area contributed by atoms with E-state index >= 15 is 0 Å². The molecule has 2 bridgehead atoms. The van der Waals surface area contributed by atoms with E-state index in [1.54, 1.807) is 22.5 Å². The number of benzene rings is 2. The van der Waals surface area contributed by atoms with Crippen molar-refractivity contribution in [3.8, 4) is 5.69 Å². The summed E-state index contributed by atoms with van der Waals surface area (Å²) in [6, 6.07) is 15.3. The maximum atomic E-state index is 13.5. The van der Waals surface area contributed by atoms with E-state index in [1.165, 1.54) is 22.1 Å². The Kier molecular flexibility index (Phi) is 4.33. The van der Waals surface area contributed by atoms with Crippen LogP contribution < -0.4 is 0 Å². The van der Waals surface area contributed by atoms with E-state index in [0.717, 1.165) is 30.5 Å². The first-order valence-electron chi connectivity index (χ1n) is 9.68. The van der Waals surface area contributed by atoms with E-state index in [4.69, 9.17) is 0 Å². The van der Waals surface area contributed by atoms with Crippen LogP contribution in [0.25, 0.3) is 11.3 Å². The largest absolute Gasteiger partial charge is 0.243 e. The Morgan fingerprint density at radius 3 is 2.59 bits per heavy atom. The third kappa shape index (κ3) is 3.08. The first-order chi connectivity index (χ1) is 14.0. The number of sulfonamides is 1. The molecule has 2 aliphatic rings. The molecular weight excluding hydrogens is 386 g/mol. The van der Waals surface area contributed by atoms with Gasteiger partial charge in [-0.05, 0) is 71.5 Å². The van der Waals surface area contributed by atoms with E-state index in [0.29, 0.717) is 4.90 Å². The number of hydrogen-bond acceptors (Lipinski definition) is 5. The van der Waals surface area contributed by atoms with Crippen LogP contribution in [0.3, 0.4) is 0 Å². The molecule has 148 valence electrons. The van der Waals surface area contributed by atoms with Gasteiger partial charge in [0.2, 0.25) is 10.0 Å². The van der Waals surface area contributed by atoms with Crippen LogP contribution in [0.15, 0.2) is 65.8 Å². The Morgan fingerprint density at radius 2 is 1.90 bits per heavy atom. The molecule has 0 spiro atoms. The van der Waals surface area contributed by atoms with Gasteiger partial charge < -0.3 is 0 Å². The summed E-state index contributed by atoms with van der Waals surface area (Å²) >= 11 is 0. The van der Waals surface area contributed by atoms with Crippen LogP contribution >= 0.6 is 0 Å². The Bertz CT molecular complexity index is 1170. The number of tetrazole rings is 1. The molecule has 2 aliphatic heterocycles. The molecule has 5 rings (SSSR count). The third-order valence-corrected chi connectivity index (χ3v) is 7.79. The van der Waals surface area contributed by atoms with E-state index in [-0.39, 0.29) is 12.1 Å². The molecule has 3 aromatic rings. The lowest BCUT2D eigenvalue weighted by atomic mass is 9.96. The highest BCUT2D eigenvalue weighted by Crippen LogP contribution is 2.41. The molecule has 0 amide bonds. The standard InChI is InChI=1S/C21H21N5O2S/c1-15-11-20(9-10-21(15)25-14-22-23-24-25)29(27,28)26-18-7-8-19(26)13-17(12-18)16-5-3-2-4-6-16/h2-6,9-12,14,18-19H,7-8,13H2,1H3. The molecular formula is C21H21N5O2S. The number of aromatic nitrogens is 4. The fourth-order valence-electron chi connectivity index (χ4n) is 4.47. The number of nitrogens with zero attached hydrogens (tertiary/aromatic N) is 5. The van der Waals surface area contributed by atoms with Crippen molar-refractivity contribution >= 4 is 15.6 Å². The number of aryl methyl sites for hydroxylation is 1. The highest BCUT2D eigenvalue weighted by Gasteiger charge is 2.44. The van der Waals surface area contributed by atoms with Crippen molar-refractivity contribution in [3.05, 3.63) is 72.1 Å². The van der Waals surface area contributed by atoms with E-state index in [9.17, 15) is 8.42 Å². The zero-order chi connectivity index (χ0) is 20.0. The van der Waals surface area contributed by atoms with Crippen LogP contribution in [-0.4, -0.2) is 45.0 Å². The zero-order valence-electron chi connectivity index (χ0n) is 16.0. The average molecular weight is 407 g/mol. The molecule has 0 N–H and O–H groups in total. The summed E-state index contributed by atoms with van der Waals surface area (Å²) in [6.45, 7) is 1.87. The Morgan fingerprint density at radius 1 is 1.07 bits per heavy atom. The number of hydrogen-bond donors (Lipinski definition) is 0.